The average Bonchev–Trinajstić information content (AvgIpc) is 2.94. The summed E-state index contributed by atoms with van der Waals surface area (Å²) in [7, 11) is 2.18. The van der Waals surface area contributed by atoms with Crippen LogP contribution in [0.5, 0.6) is 0 Å². The highest BCUT2D eigenvalue weighted by Gasteiger charge is 2.32. The van der Waals surface area contributed by atoms with Crippen LogP contribution in [0, 0.1) is 18.8 Å². The van der Waals surface area contributed by atoms with E-state index in [1.165, 1.54) is 6.42 Å². The minimum atomic E-state index is -0.0249. The second kappa shape index (κ2) is 8.29. The van der Waals surface area contributed by atoms with Crippen molar-refractivity contribution in [1.82, 2.24) is 24.9 Å². The van der Waals surface area contributed by atoms with Crippen LogP contribution in [0.3, 0.4) is 0 Å². The Balaban J connectivity index is 1.62. The van der Waals surface area contributed by atoms with Crippen LogP contribution in [0.15, 0.2) is 6.07 Å². The number of hydrogen-bond acceptors (Lipinski definition) is 5. The van der Waals surface area contributed by atoms with Gasteiger partial charge in [-0.3, -0.25) is 9.89 Å². The number of aliphatic hydroxyl groups is 1. The number of amides is 1. The maximum absolute atomic E-state index is 12.8. The topological polar surface area (TPSA) is 75.7 Å². The zero-order valence-electron chi connectivity index (χ0n) is 15.4. The number of aliphatic hydroxyl groups excluding tert-OH is 1. The first-order chi connectivity index (χ1) is 12.0. The Morgan fingerprint density at radius 2 is 2.08 bits per heavy atom. The van der Waals surface area contributed by atoms with Gasteiger partial charge in [0.15, 0.2) is 0 Å². The molecule has 1 aromatic rings. The Morgan fingerprint density at radius 3 is 2.80 bits per heavy atom. The molecule has 7 nitrogen and oxygen atoms in total. The van der Waals surface area contributed by atoms with Crippen molar-refractivity contribution in [3.8, 4) is 0 Å². The van der Waals surface area contributed by atoms with E-state index in [4.69, 9.17) is 0 Å². The number of likely N-dealkylation sites (N-methyl/N-ethyl adjacent to an activating group) is 1. The summed E-state index contributed by atoms with van der Waals surface area (Å²) in [5, 5.41) is 16.6. The summed E-state index contributed by atoms with van der Waals surface area (Å²) in [5.41, 5.74) is 1.37. The summed E-state index contributed by atoms with van der Waals surface area (Å²) in [6.07, 6.45) is 2.19. The van der Waals surface area contributed by atoms with Gasteiger partial charge in [0.2, 0.25) is 0 Å². The summed E-state index contributed by atoms with van der Waals surface area (Å²) < 4.78 is 0. The SMILES string of the molecule is Cc1cc(C(=O)N2C[C@H](CO)C[C@H](CN3CCCN(C)CC3)C2)n[nH]1. The Hall–Kier alpha value is -1.44. The highest BCUT2D eigenvalue weighted by molar-refractivity contribution is 5.92. The summed E-state index contributed by atoms with van der Waals surface area (Å²) in [6.45, 7) is 8.90. The molecule has 3 heterocycles. The van der Waals surface area contributed by atoms with Crippen molar-refractivity contribution >= 4 is 5.91 Å². The van der Waals surface area contributed by atoms with Crippen molar-refractivity contribution in [2.24, 2.45) is 11.8 Å². The van der Waals surface area contributed by atoms with E-state index in [1.807, 2.05) is 11.8 Å². The Labute approximate surface area is 150 Å². The highest BCUT2D eigenvalue weighted by Crippen LogP contribution is 2.24. The van der Waals surface area contributed by atoms with Crippen LogP contribution in [0.4, 0.5) is 0 Å². The molecule has 140 valence electrons. The van der Waals surface area contributed by atoms with Gasteiger partial charge in [-0.15, -0.1) is 0 Å². The molecule has 2 N–H and O–H groups in total. The van der Waals surface area contributed by atoms with Gasteiger partial charge in [-0.1, -0.05) is 0 Å². The predicted molar refractivity (Wildman–Crippen MR) is 96.5 cm³/mol. The molecule has 7 heteroatoms. The van der Waals surface area contributed by atoms with E-state index in [1.54, 1.807) is 6.07 Å². The van der Waals surface area contributed by atoms with E-state index < -0.39 is 0 Å². The molecule has 1 amide bonds. The second-order valence-corrected chi connectivity index (χ2v) is 7.75. The molecule has 0 radical (unpaired) electrons. The van der Waals surface area contributed by atoms with Crippen molar-refractivity contribution in [2.75, 3.05) is 59.5 Å². The maximum Gasteiger partial charge on any atom is 0.274 e. The average molecular weight is 349 g/mol. The van der Waals surface area contributed by atoms with E-state index in [-0.39, 0.29) is 18.4 Å². The van der Waals surface area contributed by atoms with E-state index in [9.17, 15) is 9.90 Å². The number of carbonyl (C=O) groups excluding carboxylic acids is 1. The molecule has 0 aromatic carbocycles. The number of piperidine rings is 1. The summed E-state index contributed by atoms with van der Waals surface area (Å²) in [4.78, 5) is 19.5. The highest BCUT2D eigenvalue weighted by atomic mass is 16.3. The number of hydrogen-bond donors (Lipinski definition) is 2. The fourth-order valence-electron chi connectivity index (χ4n) is 4.09. The number of carbonyl (C=O) groups is 1. The van der Waals surface area contributed by atoms with Gasteiger partial charge in [0, 0.05) is 45.0 Å². The number of aromatic nitrogens is 2. The van der Waals surface area contributed by atoms with Crippen molar-refractivity contribution in [3.63, 3.8) is 0 Å². The third kappa shape index (κ3) is 4.80. The largest absolute Gasteiger partial charge is 0.396 e. The molecule has 25 heavy (non-hydrogen) atoms. The van der Waals surface area contributed by atoms with Crippen molar-refractivity contribution in [1.29, 1.82) is 0 Å². The fourth-order valence-corrected chi connectivity index (χ4v) is 4.09. The van der Waals surface area contributed by atoms with E-state index in [0.717, 1.165) is 51.4 Å². The number of likely N-dealkylation sites (tertiary alicyclic amines) is 1. The quantitative estimate of drug-likeness (QED) is 0.824. The first-order valence-corrected chi connectivity index (χ1v) is 9.38. The van der Waals surface area contributed by atoms with Crippen LogP contribution in [-0.2, 0) is 0 Å². The fraction of sp³-hybridized carbons (Fsp3) is 0.778. The lowest BCUT2D eigenvalue weighted by Crippen LogP contribution is -2.48. The van der Waals surface area contributed by atoms with Crippen molar-refractivity contribution in [3.05, 3.63) is 17.5 Å². The molecular weight excluding hydrogens is 318 g/mol. The summed E-state index contributed by atoms with van der Waals surface area (Å²) in [6, 6.07) is 1.80. The Kier molecular flexibility index (Phi) is 6.09. The van der Waals surface area contributed by atoms with Crippen LogP contribution in [-0.4, -0.2) is 95.4 Å². The van der Waals surface area contributed by atoms with E-state index in [2.05, 4.69) is 27.0 Å². The van der Waals surface area contributed by atoms with Gasteiger partial charge >= 0.3 is 0 Å². The number of aryl methyl sites for hydroxylation is 1. The van der Waals surface area contributed by atoms with Gasteiger partial charge in [0.25, 0.3) is 5.91 Å². The van der Waals surface area contributed by atoms with Gasteiger partial charge in [-0.2, -0.15) is 5.10 Å². The first kappa shape index (κ1) is 18.4. The van der Waals surface area contributed by atoms with Crippen LogP contribution in [0.25, 0.3) is 0 Å². The number of aromatic amines is 1. The normalized spacial score (nSPS) is 26.6. The molecule has 2 atom stereocenters. The lowest BCUT2D eigenvalue weighted by Gasteiger charge is -2.39. The molecule has 2 aliphatic rings. The molecule has 0 bridgehead atoms. The summed E-state index contributed by atoms with van der Waals surface area (Å²) >= 11 is 0. The molecule has 0 saturated carbocycles. The second-order valence-electron chi connectivity index (χ2n) is 7.75. The van der Waals surface area contributed by atoms with Crippen LogP contribution >= 0.6 is 0 Å². The number of nitrogens with one attached hydrogen (secondary N) is 1. The van der Waals surface area contributed by atoms with Gasteiger partial charge < -0.3 is 19.8 Å². The minimum absolute atomic E-state index is 0.0249. The van der Waals surface area contributed by atoms with Crippen LogP contribution in [0.2, 0.25) is 0 Å². The monoisotopic (exact) mass is 349 g/mol. The van der Waals surface area contributed by atoms with Gasteiger partial charge in [-0.25, -0.2) is 0 Å². The maximum atomic E-state index is 12.8. The van der Waals surface area contributed by atoms with Crippen LogP contribution in [0.1, 0.15) is 29.0 Å². The van der Waals surface area contributed by atoms with E-state index >= 15 is 0 Å². The molecule has 2 fully saturated rings. The minimum Gasteiger partial charge on any atom is -0.396 e. The Morgan fingerprint density at radius 1 is 1.28 bits per heavy atom. The molecule has 2 saturated heterocycles. The van der Waals surface area contributed by atoms with Gasteiger partial charge in [-0.05, 0) is 57.8 Å². The molecular formula is C18H31N5O2. The number of H-pyrrole nitrogens is 1. The van der Waals surface area contributed by atoms with Crippen molar-refractivity contribution in [2.45, 2.75) is 19.8 Å². The lowest BCUT2D eigenvalue weighted by molar-refractivity contribution is 0.0449. The van der Waals surface area contributed by atoms with Gasteiger partial charge in [0.1, 0.15) is 5.69 Å². The van der Waals surface area contributed by atoms with Crippen molar-refractivity contribution < 1.29 is 9.90 Å². The molecule has 0 aliphatic carbocycles. The lowest BCUT2D eigenvalue weighted by atomic mass is 9.89. The third-order valence-electron chi connectivity index (χ3n) is 5.42. The zero-order chi connectivity index (χ0) is 17.8. The zero-order valence-corrected chi connectivity index (χ0v) is 15.4. The molecule has 3 rings (SSSR count). The predicted octanol–water partition coefficient (Wildman–Crippen LogP) is 0.426. The summed E-state index contributed by atoms with van der Waals surface area (Å²) in [5.74, 6) is 0.554. The Bertz CT molecular complexity index is 576. The molecule has 2 aliphatic heterocycles. The molecule has 1 aromatic heterocycles. The van der Waals surface area contributed by atoms with E-state index in [0.29, 0.717) is 18.2 Å². The number of nitrogens with zero attached hydrogens (tertiary/aromatic N) is 4. The number of rotatable bonds is 4. The third-order valence-corrected chi connectivity index (χ3v) is 5.42. The first-order valence-electron chi connectivity index (χ1n) is 9.38. The molecule has 0 unspecified atom stereocenters. The van der Waals surface area contributed by atoms with Gasteiger partial charge in [0.05, 0.1) is 0 Å². The molecule has 0 spiro atoms. The van der Waals surface area contributed by atoms with Crippen LogP contribution < -0.4 is 0 Å². The smallest absolute Gasteiger partial charge is 0.274 e. The standard InChI is InChI=1S/C18H31N5O2/c1-14-8-17(20-19-14)18(25)23-11-15(9-16(12-23)13-24)10-22-5-3-4-21(2)6-7-22/h8,15-16,24H,3-7,9-13H2,1-2H3,(H,19,20)/t15-,16-/m1/s1.